The number of phenols is 1. The number of aromatic nitrogens is 1. The molecule has 0 bridgehead atoms. The summed E-state index contributed by atoms with van der Waals surface area (Å²) in [5, 5.41) is 9.61. The maximum Gasteiger partial charge on any atom is 0.342 e. The zero-order chi connectivity index (χ0) is 17.0. The third-order valence-corrected chi connectivity index (χ3v) is 3.64. The molecule has 1 aromatic heterocycles. The fourth-order valence-electron chi connectivity index (χ4n) is 2.43. The smallest absolute Gasteiger partial charge is 0.342 e. The molecule has 0 unspecified atom stereocenters. The first-order valence-corrected chi connectivity index (χ1v) is 7.21. The van der Waals surface area contributed by atoms with Crippen LogP contribution in [0, 0.1) is 13.8 Å². The zero-order valence-electron chi connectivity index (χ0n) is 13.2. The van der Waals surface area contributed by atoms with Gasteiger partial charge < -0.3 is 14.4 Å². The zero-order valence-corrected chi connectivity index (χ0v) is 13.2. The maximum atomic E-state index is 12.3. The number of carbonyl (C=O) groups excluding carboxylic acids is 2. The summed E-state index contributed by atoms with van der Waals surface area (Å²) in [6.45, 7) is 7.68. The monoisotopic (exact) mass is 313 g/mol. The van der Waals surface area contributed by atoms with Crippen LogP contribution in [-0.2, 0) is 11.3 Å². The molecular formula is C18H19NO4. The molecule has 5 heteroatoms. The summed E-state index contributed by atoms with van der Waals surface area (Å²) in [7, 11) is 0. The van der Waals surface area contributed by atoms with E-state index in [4.69, 9.17) is 4.74 Å². The Labute approximate surface area is 134 Å². The minimum absolute atomic E-state index is 0.0393. The van der Waals surface area contributed by atoms with Gasteiger partial charge in [0.25, 0.3) is 0 Å². The van der Waals surface area contributed by atoms with Gasteiger partial charge in [0.1, 0.15) is 11.3 Å². The van der Waals surface area contributed by atoms with Crippen molar-refractivity contribution in [2.45, 2.75) is 20.4 Å². The molecule has 0 aliphatic heterocycles. The highest BCUT2D eigenvalue weighted by molar-refractivity contribution is 6.00. The molecule has 0 amide bonds. The Morgan fingerprint density at radius 2 is 1.96 bits per heavy atom. The summed E-state index contributed by atoms with van der Waals surface area (Å²) < 4.78 is 6.97. The topological polar surface area (TPSA) is 68.5 Å². The summed E-state index contributed by atoms with van der Waals surface area (Å²) in [5.74, 6) is -1.18. The highest BCUT2D eigenvalue weighted by atomic mass is 16.5. The number of phenolic OH excluding ortho intramolecular Hbond substituents is 1. The summed E-state index contributed by atoms with van der Waals surface area (Å²) in [4.78, 5) is 24.2. The number of allylic oxidation sites excluding steroid dienone is 1. The van der Waals surface area contributed by atoms with E-state index in [0.717, 1.165) is 11.4 Å². The van der Waals surface area contributed by atoms with E-state index in [1.165, 1.54) is 12.1 Å². The lowest BCUT2D eigenvalue weighted by Gasteiger charge is -2.07. The first-order valence-electron chi connectivity index (χ1n) is 7.21. The number of aryl methyl sites for hydroxylation is 1. The van der Waals surface area contributed by atoms with Gasteiger partial charge in [-0.15, -0.1) is 6.58 Å². The number of rotatable bonds is 6. The molecule has 0 saturated heterocycles. The number of hydrogen-bond acceptors (Lipinski definition) is 4. The van der Waals surface area contributed by atoms with Gasteiger partial charge in [0.2, 0.25) is 5.78 Å². The largest absolute Gasteiger partial charge is 0.507 e. The van der Waals surface area contributed by atoms with Crippen LogP contribution in [0.3, 0.4) is 0 Å². The minimum Gasteiger partial charge on any atom is -0.507 e. The van der Waals surface area contributed by atoms with Gasteiger partial charge in [-0.25, -0.2) is 4.79 Å². The lowest BCUT2D eigenvalue weighted by Crippen LogP contribution is -2.15. The Hall–Kier alpha value is -2.82. The van der Waals surface area contributed by atoms with Crippen molar-refractivity contribution >= 4 is 11.8 Å². The Balaban J connectivity index is 2.08. The molecule has 0 aliphatic rings. The van der Waals surface area contributed by atoms with E-state index < -0.39 is 5.97 Å². The average molecular weight is 313 g/mol. The lowest BCUT2D eigenvalue weighted by molar-refractivity contribution is 0.0471. The second kappa shape index (κ2) is 6.96. The number of Topliss-reactive ketones (excluding diaryl/α,β-unsaturated/α-hetero) is 1. The van der Waals surface area contributed by atoms with Crippen LogP contribution in [0.4, 0.5) is 0 Å². The third-order valence-electron chi connectivity index (χ3n) is 3.64. The van der Waals surface area contributed by atoms with Crippen molar-refractivity contribution in [1.82, 2.24) is 4.57 Å². The summed E-state index contributed by atoms with van der Waals surface area (Å²) in [6.07, 6.45) is 1.76. The van der Waals surface area contributed by atoms with Gasteiger partial charge in [-0.2, -0.15) is 0 Å². The maximum absolute atomic E-state index is 12.3. The molecule has 5 nitrogen and oxygen atoms in total. The first kappa shape index (κ1) is 16.5. The second-order valence-corrected chi connectivity index (χ2v) is 5.20. The predicted octanol–water partition coefficient (Wildman–Crippen LogP) is 3.04. The molecule has 2 rings (SSSR count). The highest BCUT2D eigenvalue weighted by Crippen LogP contribution is 2.18. The molecule has 120 valence electrons. The van der Waals surface area contributed by atoms with Crippen molar-refractivity contribution in [3.8, 4) is 5.75 Å². The molecule has 2 aromatic rings. The molecule has 1 N–H and O–H groups in total. The van der Waals surface area contributed by atoms with Crippen molar-refractivity contribution in [2.75, 3.05) is 6.61 Å². The van der Waals surface area contributed by atoms with Gasteiger partial charge >= 0.3 is 5.97 Å². The van der Waals surface area contributed by atoms with E-state index in [1.54, 1.807) is 24.3 Å². The van der Waals surface area contributed by atoms with E-state index in [2.05, 4.69) is 6.58 Å². The summed E-state index contributed by atoms with van der Waals surface area (Å²) in [6, 6.07) is 7.82. The van der Waals surface area contributed by atoms with E-state index in [-0.39, 0.29) is 23.7 Å². The van der Waals surface area contributed by atoms with Crippen molar-refractivity contribution in [2.24, 2.45) is 0 Å². The molecule has 0 saturated carbocycles. The first-order chi connectivity index (χ1) is 11.0. The Kier molecular flexibility index (Phi) is 5.01. The van der Waals surface area contributed by atoms with Crippen LogP contribution in [0.1, 0.15) is 32.1 Å². The second-order valence-electron chi connectivity index (χ2n) is 5.20. The van der Waals surface area contributed by atoms with Crippen molar-refractivity contribution in [3.63, 3.8) is 0 Å². The number of carbonyl (C=O) groups is 2. The molecular weight excluding hydrogens is 294 g/mol. The lowest BCUT2D eigenvalue weighted by atomic mass is 10.1. The summed E-state index contributed by atoms with van der Waals surface area (Å²) in [5.41, 5.74) is 2.32. The molecule has 1 aromatic carbocycles. The van der Waals surface area contributed by atoms with Gasteiger partial charge in [-0.05, 0) is 32.0 Å². The summed E-state index contributed by atoms with van der Waals surface area (Å²) >= 11 is 0. The molecule has 0 radical (unpaired) electrons. The number of ether oxygens (including phenoxy) is 1. The predicted molar refractivity (Wildman–Crippen MR) is 86.8 cm³/mol. The number of aromatic hydroxyl groups is 1. The van der Waals surface area contributed by atoms with Crippen molar-refractivity contribution in [1.29, 1.82) is 0 Å². The number of esters is 1. The van der Waals surface area contributed by atoms with Crippen LogP contribution >= 0.6 is 0 Å². The van der Waals surface area contributed by atoms with E-state index in [0.29, 0.717) is 12.1 Å². The highest BCUT2D eigenvalue weighted by Gasteiger charge is 2.18. The van der Waals surface area contributed by atoms with Crippen LogP contribution in [0.2, 0.25) is 0 Å². The fourth-order valence-corrected chi connectivity index (χ4v) is 2.43. The van der Waals surface area contributed by atoms with Crippen LogP contribution in [0.5, 0.6) is 5.75 Å². The van der Waals surface area contributed by atoms with Gasteiger partial charge in [-0.1, -0.05) is 18.2 Å². The molecule has 0 spiro atoms. The van der Waals surface area contributed by atoms with Gasteiger partial charge in [0, 0.05) is 23.5 Å². The van der Waals surface area contributed by atoms with Crippen LogP contribution < -0.4 is 0 Å². The SMILES string of the molecule is C=CCn1c(C)cc(C(=O)COC(=O)c2ccccc2O)c1C. The van der Waals surface area contributed by atoms with Gasteiger partial charge in [-0.3, -0.25) is 4.79 Å². The molecule has 1 heterocycles. The number of hydrogen-bond donors (Lipinski definition) is 1. The molecule has 0 atom stereocenters. The molecule has 23 heavy (non-hydrogen) atoms. The number of benzene rings is 1. The van der Waals surface area contributed by atoms with Gasteiger partial charge in [0.05, 0.1) is 0 Å². The molecule has 0 aliphatic carbocycles. The Morgan fingerprint density at radius 3 is 2.61 bits per heavy atom. The van der Waals surface area contributed by atoms with E-state index >= 15 is 0 Å². The number of para-hydroxylation sites is 1. The normalized spacial score (nSPS) is 10.3. The van der Waals surface area contributed by atoms with E-state index in [1.807, 2.05) is 18.4 Å². The van der Waals surface area contributed by atoms with Crippen molar-refractivity contribution in [3.05, 3.63) is 65.5 Å². The molecule has 0 fully saturated rings. The standard InChI is InChI=1S/C18H19NO4/c1-4-9-19-12(2)10-15(13(19)3)17(21)11-23-18(22)14-7-5-6-8-16(14)20/h4-8,10,20H,1,9,11H2,2-3H3. The average Bonchev–Trinajstić information content (AvgIpc) is 2.81. The Morgan fingerprint density at radius 1 is 1.26 bits per heavy atom. The Bertz CT molecular complexity index is 758. The van der Waals surface area contributed by atoms with Crippen LogP contribution in [-0.4, -0.2) is 28.0 Å². The third kappa shape index (κ3) is 3.51. The number of nitrogens with zero attached hydrogens (tertiary/aromatic N) is 1. The van der Waals surface area contributed by atoms with Crippen LogP contribution in [0.25, 0.3) is 0 Å². The minimum atomic E-state index is -0.726. The quantitative estimate of drug-likeness (QED) is 0.505. The van der Waals surface area contributed by atoms with Gasteiger partial charge in [0.15, 0.2) is 6.61 Å². The number of ketones is 1. The van der Waals surface area contributed by atoms with Crippen molar-refractivity contribution < 1.29 is 19.4 Å². The fraction of sp³-hybridized carbons (Fsp3) is 0.222. The van der Waals surface area contributed by atoms with E-state index in [9.17, 15) is 14.7 Å². The van der Waals surface area contributed by atoms with Crippen LogP contribution in [0.15, 0.2) is 43.0 Å².